The van der Waals surface area contributed by atoms with Gasteiger partial charge in [-0.15, -0.1) is 0 Å². The standard InChI is InChI=1S/C30H19Cl5N4O3/c1-16-27(38-39(25-9-7-21(33)13-24(25)35)28(16)17-2-4-19(31)5-3-17)29(40)37-14-18-10-11-36-15-26(18)42-30(41)22-8-6-20(32)12-23(22)34/h2-13,15H,14H2,1H3,(H,37,40). The number of ether oxygens (including phenoxy) is 1. The number of nitrogens with zero attached hydrogens (tertiary/aromatic N) is 3. The largest absolute Gasteiger partial charge is 0.421 e. The highest BCUT2D eigenvalue weighted by Crippen LogP contribution is 2.33. The molecule has 0 atom stereocenters. The van der Waals surface area contributed by atoms with E-state index in [0.717, 1.165) is 5.56 Å². The third-order valence-electron chi connectivity index (χ3n) is 6.26. The second kappa shape index (κ2) is 12.7. The van der Waals surface area contributed by atoms with E-state index >= 15 is 0 Å². The number of hydrogen-bond donors (Lipinski definition) is 1. The first-order chi connectivity index (χ1) is 20.1. The summed E-state index contributed by atoms with van der Waals surface area (Å²) in [5.74, 6) is -0.994. The molecule has 0 fully saturated rings. The number of pyridine rings is 1. The Balaban J connectivity index is 1.43. The third-order valence-corrected chi connectivity index (χ3v) is 7.59. The molecule has 0 aliphatic heterocycles. The normalized spacial score (nSPS) is 10.9. The highest BCUT2D eigenvalue weighted by molar-refractivity contribution is 6.37. The van der Waals surface area contributed by atoms with E-state index in [1.165, 1.54) is 30.6 Å². The van der Waals surface area contributed by atoms with Crippen LogP contribution < -0.4 is 10.1 Å². The average Bonchev–Trinajstić information content (AvgIpc) is 3.29. The van der Waals surface area contributed by atoms with Crippen LogP contribution >= 0.6 is 58.0 Å². The molecule has 5 aromatic rings. The van der Waals surface area contributed by atoms with Crippen LogP contribution in [0.5, 0.6) is 5.75 Å². The molecule has 5 rings (SSSR count). The van der Waals surface area contributed by atoms with Crippen molar-refractivity contribution in [2.75, 3.05) is 0 Å². The van der Waals surface area contributed by atoms with Gasteiger partial charge in [-0.1, -0.05) is 70.1 Å². The molecule has 1 N–H and O–H groups in total. The summed E-state index contributed by atoms with van der Waals surface area (Å²) in [5.41, 5.74) is 3.39. The minimum atomic E-state index is -0.695. The first-order valence-corrected chi connectivity index (χ1v) is 14.2. The predicted octanol–water partition coefficient (Wildman–Crippen LogP) is 8.66. The first-order valence-electron chi connectivity index (χ1n) is 12.3. The van der Waals surface area contributed by atoms with Gasteiger partial charge in [0.1, 0.15) is 0 Å². The maximum Gasteiger partial charge on any atom is 0.345 e. The molecule has 1 amide bonds. The van der Waals surface area contributed by atoms with Crippen LogP contribution in [0, 0.1) is 6.92 Å². The summed E-state index contributed by atoms with van der Waals surface area (Å²) in [6, 6.07) is 18.3. The minimum absolute atomic E-state index is 0.0165. The van der Waals surface area contributed by atoms with E-state index in [-0.39, 0.29) is 28.6 Å². The van der Waals surface area contributed by atoms with Crippen LogP contribution in [0.25, 0.3) is 16.9 Å². The lowest BCUT2D eigenvalue weighted by molar-refractivity contribution is 0.0732. The van der Waals surface area contributed by atoms with Crippen LogP contribution in [0.3, 0.4) is 0 Å². The summed E-state index contributed by atoms with van der Waals surface area (Å²) >= 11 is 30.8. The van der Waals surface area contributed by atoms with Crippen molar-refractivity contribution >= 4 is 69.9 Å². The van der Waals surface area contributed by atoms with E-state index < -0.39 is 11.9 Å². The van der Waals surface area contributed by atoms with Crippen molar-refractivity contribution in [1.82, 2.24) is 20.1 Å². The van der Waals surface area contributed by atoms with Crippen molar-refractivity contribution in [1.29, 1.82) is 0 Å². The number of carbonyl (C=O) groups excluding carboxylic acids is 2. The Morgan fingerprint density at radius 3 is 2.21 bits per heavy atom. The molecule has 7 nitrogen and oxygen atoms in total. The van der Waals surface area contributed by atoms with E-state index in [1.54, 1.807) is 48.0 Å². The number of benzene rings is 3. The molecule has 12 heteroatoms. The monoisotopic (exact) mass is 658 g/mol. The van der Waals surface area contributed by atoms with Gasteiger partial charge in [0.25, 0.3) is 5.91 Å². The Morgan fingerprint density at radius 2 is 1.52 bits per heavy atom. The van der Waals surface area contributed by atoms with Crippen molar-refractivity contribution in [3.63, 3.8) is 0 Å². The molecule has 3 aromatic carbocycles. The van der Waals surface area contributed by atoms with Crippen molar-refractivity contribution in [2.24, 2.45) is 0 Å². The van der Waals surface area contributed by atoms with Crippen LogP contribution in [-0.2, 0) is 6.54 Å². The molecule has 2 aromatic heterocycles. The quantitative estimate of drug-likeness (QED) is 0.177. The van der Waals surface area contributed by atoms with Crippen molar-refractivity contribution in [3.8, 4) is 22.7 Å². The van der Waals surface area contributed by atoms with Crippen LogP contribution in [0.2, 0.25) is 25.1 Å². The molecule has 0 unspecified atom stereocenters. The Bertz CT molecular complexity index is 1820. The molecule has 212 valence electrons. The molecule has 2 heterocycles. The smallest absolute Gasteiger partial charge is 0.345 e. The number of hydrogen-bond acceptors (Lipinski definition) is 5. The van der Waals surface area contributed by atoms with Crippen molar-refractivity contribution < 1.29 is 14.3 Å². The Morgan fingerprint density at radius 1 is 0.857 bits per heavy atom. The fraction of sp³-hybridized carbons (Fsp3) is 0.0667. The van der Waals surface area contributed by atoms with Gasteiger partial charge in [0.05, 0.1) is 33.2 Å². The van der Waals surface area contributed by atoms with Gasteiger partial charge in [-0.25, -0.2) is 9.48 Å². The molecule has 0 saturated carbocycles. The van der Waals surface area contributed by atoms with Crippen molar-refractivity contribution in [2.45, 2.75) is 13.5 Å². The predicted molar refractivity (Wildman–Crippen MR) is 166 cm³/mol. The Hall–Kier alpha value is -3.59. The lowest BCUT2D eigenvalue weighted by Gasteiger charge is -2.11. The fourth-order valence-corrected chi connectivity index (χ4v) is 5.30. The van der Waals surface area contributed by atoms with E-state index in [4.69, 9.17) is 62.7 Å². The fourth-order valence-electron chi connectivity index (χ4n) is 4.20. The SMILES string of the molecule is Cc1c(C(=O)NCc2ccncc2OC(=O)c2ccc(Cl)cc2Cl)nn(-c2ccc(Cl)cc2Cl)c1-c1ccc(Cl)cc1. The van der Waals surface area contributed by atoms with Crippen LogP contribution in [0.4, 0.5) is 0 Å². The highest BCUT2D eigenvalue weighted by Gasteiger charge is 2.24. The second-order valence-electron chi connectivity index (χ2n) is 9.02. The summed E-state index contributed by atoms with van der Waals surface area (Å²) in [6.45, 7) is 1.81. The number of nitrogens with one attached hydrogen (secondary N) is 1. The number of halogens is 5. The molecule has 0 aliphatic carbocycles. The zero-order valence-corrected chi connectivity index (χ0v) is 25.4. The number of rotatable bonds is 7. The molecular formula is C30H19Cl5N4O3. The summed E-state index contributed by atoms with van der Waals surface area (Å²) in [5, 5.41) is 9.40. The van der Waals surface area contributed by atoms with Crippen molar-refractivity contribution in [3.05, 3.63) is 127 Å². The average molecular weight is 661 g/mol. The topological polar surface area (TPSA) is 86.1 Å². The molecule has 0 spiro atoms. The number of amides is 1. The van der Waals surface area contributed by atoms with Gasteiger partial charge in [-0.05, 0) is 61.5 Å². The van der Waals surface area contributed by atoms with Gasteiger partial charge in [-0.3, -0.25) is 9.78 Å². The van der Waals surface area contributed by atoms with Crippen LogP contribution in [0.15, 0.2) is 79.1 Å². The van der Waals surface area contributed by atoms with E-state index in [1.807, 2.05) is 12.1 Å². The Labute approximate surface area is 265 Å². The molecule has 42 heavy (non-hydrogen) atoms. The van der Waals surface area contributed by atoms with Crippen LogP contribution in [-0.4, -0.2) is 26.6 Å². The zero-order chi connectivity index (χ0) is 30.0. The molecule has 0 aliphatic rings. The van der Waals surface area contributed by atoms with Gasteiger partial charge in [-0.2, -0.15) is 5.10 Å². The van der Waals surface area contributed by atoms with Gasteiger partial charge < -0.3 is 10.1 Å². The molecule has 0 bridgehead atoms. The number of carbonyl (C=O) groups is 2. The first kappa shape index (κ1) is 29.9. The van der Waals surface area contributed by atoms with Gasteiger partial charge in [0.15, 0.2) is 11.4 Å². The minimum Gasteiger partial charge on any atom is -0.421 e. The summed E-state index contributed by atoms with van der Waals surface area (Å²) < 4.78 is 7.15. The van der Waals surface area contributed by atoms with E-state index in [9.17, 15) is 9.59 Å². The third kappa shape index (κ3) is 6.41. The molecule has 0 radical (unpaired) electrons. The summed E-state index contributed by atoms with van der Waals surface area (Å²) in [7, 11) is 0. The maximum absolute atomic E-state index is 13.5. The number of esters is 1. The van der Waals surface area contributed by atoms with Crippen LogP contribution in [0.1, 0.15) is 32.0 Å². The molecular weight excluding hydrogens is 642 g/mol. The lowest BCUT2D eigenvalue weighted by Crippen LogP contribution is -2.24. The van der Waals surface area contributed by atoms with Gasteiger partial charge >= 0.3 is 5.97 Å². The van der Waals surface area contributed by atoms with E-state index in [2.05, 4.69) is 15.4 Å². The number of aromatic nitrogens is 3. The van der Waals surface area contributed by atoms with Gasteiger partial charge in [0.2, 0.25) is 0 Å². The highest BCUT2D eigenvalue weighted by atomic mass is 35.5. The summed E-state index contributed by atoms with van der Waals surface area (Å²) in [6.07, 6.45) is 2.90. The zero-order valence-electron chi connectivity index (χ0n) is 21.7. The molecule has 0 saturated heterocycles. The lowest BCUT2D eigenvalue weighted by atomic mass is 10.1. The summed E-state index contributed by atoms with van der Waals surface area (Å²) in [4.78, 5) is 30.3. The van der Waals surface area contributed by atoms with E-state index in [0.29, 0.717) is 42.6 Å². The van der Waals surface area contributed by atoms with Gasteiger partial charge in [0, 0.05) is 44.5 Å². The second-order valence-corrected chi connectivity index (χ2v) is 11.1. The Kier molecular flexibility index (Phi) is 9.06. The maximum atomic E-state index is 13.5.